The molecule has 0 nitrogen and oxygen atoms in total. The van der Waals surface area contributed by atoms with Crippen molar-refractivity contribution in [2.45, 2.75) is 26.2 Å². The molecule has 0 fully saturated rings. The van der Waals surface area contributed by atoms with Crippen LogP contribution in [0.3, 0.4) is 0 Å². The maximum Gasteiger partial charge on any atom is 0.0361 e. The summed E-state index contributed by atoms with van der Waals surface area (Å²) in [7, 11) is 0. The van der Waals surface area contributed by atoms with Crippen molar-refractivity contribution in [2.75, 3.05) is 0 Å². The first-order valence-electron chi connectivity index (χ1n) is 15.1. The fourth-order valence-corrected chi connectivity index (χ4v) is 8.87. The predicted octanol–water partition coefficient (Wildman–Crippen LogP) is 12.3. The van der Waals surface area contributed by atoms with Crippen molar-refractivity contribution in [3.05, 3.63) is 144 Å². The Hall–Kier alpha value is -4.72. The van der Waals surface area contributed by atoms with Gasteiger partial charge in [0.2, 0.25) is 0 Å². The lowest BCUT2D eigenvalue weighted by molar-refractivity contribution is 0.660. The highest BCUT2D eigenvalue weighted by Crippen LogP contribution is 2.52. The van der Waals surface area contributed by atoms with E-state index in [0.717, 1.165) is 0 Å². The third-order valence-electron chi connectivity index (χ3n) is 9.72. The number of hydrogen-bond donors (Lipinski definition) is 0. The summed E-state index contributed by atoms with van der Waals surface area (Å²) in [6.45, 7) is 6.96. The molecule has 204 valence electrons. The lowest BCUT2D eigenvalue weighted by atomic mass is 9.80. The van der Waals surface area contributed by atoms with Crippen LogP contribution in [-0.4, -0.2) is 0 Å². The average molecular weight is 567 g/mol. The molecule has 8 aromatic rings. The monoisotopic (exact) mass is 566 g/mol. The van der Waals surface area contributed by atoms with Gasteiger partial charge in [-0.2, -0.15) is 0 Å². The average Bonchev–Trinajstić information content (AvgIpc) is 3.52. The van der Waals surface area contributed by atoms with Crippen LogP contribution in [-0.2, 0) is 5.41 Å². The van der Waals surface area contributed by atoms with Crippen LogP contribution in [0.5, 0.6) is 0 Å². The summed E-state index contributed by atoms with van der Waals surface area (Å²) in [6, 6.07) is 47.9. The molecule has 0 spiro atoms. The van der Waals surface area contributed by atoms with Gasteiger partial charge in [-0.25, -0.2) is 0 Å². The zero-order valence-electron chi connectivity index (χ0n) is 24.5. The van der Waals surface area contributed by atoms with E-state index in [1.165, 1.54) is 91.8 Å². The van der Waals surface area contributed by atoms with Gasteiger partial charge in [0.15, 0.2) is 0 Å². The Bertz CT molecular complexity index is 2440. The van der Waals surface area contributed by atoms with Gasteiger partial charge in [-0.15, -0.1) is 11.3 Å². The maximum atomic E-state index is 2.48. The topological polar surface area (TPSA) is 0 Å². The van der Waals surface area contributed by atoms with Crippen molar-refractivity contribution in [3.63, 3.8) is 0 Å². The fraction of sp³-hybridized carbons (Fsp3) is 0.0952. The molecular formula is C42H30S. The number of rotatable bonds is 2. The summed E-state index contributed by atoms with van der Waals surface area (Å²) in [4.78, 5) is 0. The first-order valence-corrected chi connectivity index (χ1v) is 15.9. The van der Waals surface area contributed by atoms with Crippen LogP contribution in [0.1, 0.15) is 30.5 Å². The van der Waals surface area contributed by atoms with Crippen LogP contribution in [0.4, 0.5) is 0 Å². The summed E-state index contributed by atoms with van der Waals surface area (Å²) >= 11 is 1.89. The van der Waals surface area contributed by atoms with Crippen molar-refractivity contribution in [1.82, 2.24) is 0 Å². The molecule has 0 saturated heterocycles. The van der Waals surface area contributed by atoms with Crippen LogP contribution < -0.4 is 0 Å². The van der Waals surface area contributed by atoms with Crippen molar-refractivity contribution in [1.29, 1.82) is 0 Å². The minimum absolute atomic E-state index is 0.0419. The van der Waals surface area contributed by atoms with E-state index in [2.05, 4.69) is 148 Å². The second kappa shape index (κ2) is 8.89. The second-order valence-electron chi connectivity index (χ2n) is 12.6. The third-order valence-corrected chi connectivity index (χ3v) is 10.9. The molecule has 1 heterocycles. The minimum atomic E-state index is -0.0419. The molecule has 0 N–H and O–H groups in total. The SMILES string of the molecule is Cc1ccc2c(-c3ccc4c(c3)C(C)(C)c3ccccc3-4)c3ccccc3c(-c3cccc4sc5ccccc5c34)c2c1. The molecule has 1 aliphatic carbocycles. The lowest BCUT2D eigenvalue weighted by Crippen LogP contribution is -2.14. The van der Waals surface area contributed by atoms with Gasteiger partial charge in [-0.3, -0.25) is 0 Å². The largest absolute Gasteiger partial charge is 0.135 e. The van der Waals surface area contributed by atoms with Crippen LogP contribution in [0.15, 0.2) is 127 Å². The standard InChI is InChI=1S/C42H30S/c1-25-19-21-31-34(23-25)40(33-15-10-18-38-41(33)32-14-7-9-17-37(32)43-38)30-13-5-4-12-29(30)39(31)26-20-22-28-27-11-6-8-16-35(27)42(2,3)36(28)24-26/h4-24H,1-3H3. The molecule has 1 aromatic heterocycles. The van der Waals surface area contributed by atoms with Gasteiger partial charge < -0.3 is 0 Å². The summed E-state index contributed by atoms with van der Waals surface area (Å²) in [6.07, 6.45) is 0. The van der Waals surface area contributed by atoms with E-state index in [4.69, 9.17) is 0 Å². The van der Waals surface area contributed by atoms with Crippen molar-refractivity contribution in [2.24, 2.45) is 0 Å². The molecule has 0 unspecified atom stereocenters. The van der Waals surface area contributed by atoms with E-state index in [1.807, 2.05) is 11.3 Å². The molecule has 1 heteroatoms. The summed E-state index contributed by atoms with van der Waals surface area (Å²) < 4.78 is 2.68. The summed E-state index contributed by atoms with van der Waals surface area (Å²) in [5.41, 5.74) is 12.1. The van der Waals surface area contributed by atoms with Crippen LogP contribution in [0.25, 0.3) is 75.1 Å². The first kappa shape index (κ1) is 24.8. The molecule has 0 saturated carbocycles. The van der Waals surface area contributed by atoms with E-state index >= 15 is 0 Å². The minimum Gasteiger partial charge on any atom is -0.135 e. The lowest BCUT2D eigenvalue weighted by Gasteiger charge is -2.23. The molecule has 1 aliphatic rings. The van der Waals surface area contributed by atoms with Gasteiger partial charge in [0.25, 0.3) is 0 Å². The van der Waals surface area contributed by atoms with E-state index in [1.54, 1.807) is 0 Å². The van der Waals surface area contributed by atoms with E-state index in [9.17, 15) is 0 Å². The first-order chi connectivity index (χ1) is 21.0. The van der Waals surface area contributed by atoms with E-state index in [0.29, 0.717) is 0 Å². The smallest absolute Gasteiger partial charge is 0.0361 e. The Morgan fingerprint density at radius 3 is 1.98 bits per heavy atom. The maximum absolute atomic E-state index is 2.48. The van der Waals surface area contributed by atoms with Gasteiger partial charge in [0.1, 0.15) is 0 Å². The van der Waals surface area contributed by atoms with Crippen molar-refractivity contribution < 1.29 is 0 Å². The Kier molecular flexibility index (Phi) is 5.14. The molecule has 9 rings (SSSR count). The van der Waals surface area contributed by atoms with Crippen LogP contribution in [0, 0.1) is 6.92 Å². The number of fused-ring (bicyclic) bond motifs is 8. The third kappa shape index (κ3) is 3.43. The summed E-state index contributed by atoms with van der Waals surface area (Å²) in [5, 5.41) is 7.94. The normalized spacial score (nSPS) is 13.7. The zero-order chi connectivity index (χ0) is 28.9. The molecule has 0 aliphatic heterocycles. The zero-order valence-corrected chi connectivity index (χ0v) is 25.3. The highest BCUT2D eigenvalue weighted by atomic mass is 32.1. The highest BCUT2D eigenvalue weighted by Gasteiger charge is 2.35. The number of aryl methyl sites for hydroxylation is 1. The molecular weight excluding hydrogens is 537 g/mol. The van der Waals surface area contributed by atoms with Gasteiger partial charge in [0.05, 0.1) is 0 Å². The summed E-state index contributed by atoms with van der Waals surface area (Å²) in [5.74, 6) is 0. The van der Waals surface area contributed by atoms with Crippen LogP contribution in [0.2, 0.25) is 0 Å². The van der Waals surface area contributed by atoms with Gasteiger partial charge in [0, 0.05) is 25.6 Å². The molecule has 0 amide bonds. The molecule has 0 atom stereocenters. The molecule has 43 heavy (non-hydrogen) atoms. The molecule has 0 bridgehead atoms. The number of thiophene rings is 1. The quantitative estimate of drug-likeness (QED) is 0.183. The van der Waals surface area contributed by atoms with E-state index in [-0.39, 0.29) is 5.41 Å². The number of hydrogen-bond acceptors (Lipinski definition) is 1. The van der Waals surface area contributed by atoms with Crippen LogP contribution >= 0.6 is 11.3 Å². The number of benzene rings is 7. The Morgan fingerprint density at radius 2 is 1.12 bits per heavy atom. The second-order valence-corrected chi connectivity index (χ2v) is 13.6. The van der Waals surface area contributed by atoms with Gasteiger partial charge in [-0.05, 0) is 91.2 Å². The van der Waals surface area contributed by atoms with Crippen molar-refractivity contribution >= 4 is 53.1 Å². The molecule has 7 aromatic carbocycles. The van der Waals surface area contributed by atoms with E-state index < -0.39 is 0 Å². The molecule has 0 radical (unpaired) electrons. The van der Waals surface area contributed by atoms with Crippen molar-refractivity contribution in [3.8, 4) is 33.4 Å². The Labute approximate surface area is 255 Å². The highest BCUT2D eigenvalue weighted by molar-refractivity contribution is 7.25. The Morgan fingerprint density at radius 1 is 0.465 bits per heavy atom. The Balaban J connectivity index is 1.40. The fourth-order valence-electron chi connectivity index (χ4n) is 7.74. The van der Waals surface area contributed by atoms with Gasteiger partial charge in [-0.1, -0.05) is 129 Å². The predicted molar refractivity (Wildman–Crippen MR) is 188 cm³/mol. The van der Waals surface area contributed by atoms with Gasteiger partial charge >= 0.3 is 0 Å².